The summed E-state index contributed by atoms with van der Waals surface area (Å²) in [5.41, 5.74) is 1.61. The monoisotopic (exact) mass is 341 g/mol. The molecule has 2 aromatic rings. The van der Waals surface area contributed by atoms with E-state index >= 15 is 0 Å². The van der Waals surface area contributed by atoms with Crippen LogP contribution in [0.1, 0.15) is 23.5 Å². The molecule has 0 spiro atoms. The first kappa shape index (κ1) is 16.6. The van der Waals surface area contributed by atoms with Gasteiger partial charge in [0.15, 0.2) is 0 Å². The number of hydrogen-bond donors (Lipinski definition) is 1. The van der Waals surface area contributed by atoms with Gasteiger partial charge in [-0.1, -0.05) is 60.7 Å². The molecule has 2 fully saturated rings. The first-order valence-electron chi connectivity index (χ1n) is 7.90. The molecule has 1 amide bonds. The summed E-state index contributed by atoms with van der Waals surface area (Å²) in [5.74, 6) is 0.0935. The smallest absolute Gasteiger partial charge is 0.315 e. The second-order valence-electron chi connectivity index (χ2n) is 5.71. The van der Waals surface area contributed by atoms with Crippen molar-refractivity contribution in [1.29, 1.82) is 0 Å². The number of hydrogen-bond acceptors (Lipinski definition) is 3. The van der Waals surface area contributed by atoms with Crippen LogP contribution in [0.15, 0.2) is 60.7 Å². The highest BCUT2D eigenvalue weighted by Crippen LogP contribution is 2.34. The molecule has 124 valence electrons. The molecule has 5 heteroatoms. The molecule has 2 aromatic carbocycles. The molecule has 0 aromatic heterocycles. The molecule has 2 aliphatic rings. The summed E-state index contributed by atoms with van der Waals surface area (Å²) in [6.07, 6.45) is 0.796. The largest absolute Gasteiger partial charge is 0.481 e. The van der Waals surface area contributed by atoms with E-state index in [-0.39, 0.29) is 0 Å². The number of carbonyl (C=O) groups is 2. The number of β-lactam (4-membered cyclic amide) rings is 1. The van der Waals surface area contributed by atoms with Crippen LogP contribution >= 0.6 is 11.8 Å². The first-order valence-corrected chi connectivity index (χ1v) is 8.95. The molecule has 0 aliphatic carbocycles. The lowest BCUT2D eigenvalue weighted by molar-refractivity contribution is -0.140. The first-order chi connectivity index (χ1) is 11.7. The van der Waals surface area contributed by atoms with Crippen LogP contribution in [0.5, 0.6) is 0 Å². The highest BCUT2D eigenvalue weighted by Gasteiger charge is 2.39. The molecule has 4 nitrogen and oxygen atoms in total. The number of amides is 1. The van der Waals surface area contributed by atoms with Gasteiger partial charge in [0, 0.05) is 12.3 Å². The molecular formula is C19H19NO3S. The minimum Gasteiger partial charge on any atom is -0.481 e. The molecule has 1 atom stereocenters. The van der Waals surface area contributed by atoms with E-state index in [0.29, 0.717) is 11.3 Å². The Kier molecular flexibility index (Phi) is 5.20. The third-order valence-electron chi connectivity index (χ3n) is 4.17. The number of rotatable bonds is 3. The number of benzene rings is 2. The summed E-state index contributed by atoms with van der Waals surface area (Å²) in [5, 5.41) is 9.85. The summed E-state index contributed by atoms with van der Waals surface area (Å²) in [4.78, 5) is 23.9. The SMILES string of the molecule is O=C(O)C(c1ccccc1)c1ccccc1.O=C1C[C@H]2SCCN12. The van der Waals surface area contributed by atoms with Gasteiger partial charge in [0.2, 0.25) is 5.91 Å². The molecule has 2 heterocycles. The van der Waals surface area contributed by atoms with Gasteiger partial charge >= 0.3 is 5.97 Å². The van der Waals surface area contributed by atoms with Gasteiger partial charge in [-0.05, 0) is 11.1 Å². The van der Waals surface area contributed by atoms with E-state index in [0.717, 1.165) is 29.8 Å². The standard InChI is InChI=1S/C14H12O2.C5H7NOS/c15-14(16)13(11-7-3-1-4-8-11)12-9-5-2-6-10-12;7-4-3-5-6(4)1-2-8-5/h1-10,13H,(H,15,16);5H,1-3H2/t;5-/m.1/s1. The van der Waals surface area contributed by atoms with E-state index in [1.54, 1.807) is 0 Å². The Balaban J connectivity index is 0.000000175. The minimum atomic E-state index is -0.822. The maximum absolute atomic E-state index is 11.3. The molecule has 0 bridgehead atoms. The van der Waals surface area contributed by atoms with E-state index < -0.39 is 11.9 Å². The van der Waals surface area contributed by atoms with E-state index in [4.69, 9.17) is 0 Å². The van der Waals surface area contributed by atoms with Crippen LogP contribution in [0.2, 0.25) is 0 Å². The summed E-state index contributed by atoms with van der Waals surface area (Å²) in [6, 6.07) is 18.5. The van der Waals surface area contributed by atoms with Crippen molar-refractivity contribution in [1.82, 2.24) is 4.90 Å². The van der Waals surface area contributed by atoms with E-state index in [1.165, 1.54) is 0 Å². The molecule has 1 N–H and O–H groups in total. The minimum absolute atomic E-state index is 0.347. The topological polar surface area (TPSA) is 57.6 Å². The lowest BCUT2D eigenvalue weighted by Gasteiger charge is -2.32. The van der Waals surface area contributed by atoms with Gasteiger partial charge < -0.3 is 10.0 Å². The van der Waals surface area contributed by atoms with Crippen LogP contribution in [0.3, 0.4) is 0 Å². The van der Waals surface area contributed by atoms with Gasteiger partial charge in [-0.2, -0.15) is 0 Å². The number of fused-ring (bicyclic) bond motifs is 1. The van der Waals surface area contributed by atoms with Gasteiger partial charge in [-0.25, -0.2) is 0 Å². The molecule has 0 unspecified atom stereocenters. The molecule has 0 radical (unpaired) electrons. The Bertz CT molecular complexity index is 666. The second kappa shape index (κ2) is 7.53. The van der Waals surface area contributed by atoms with Crippen molar-refractivity contribution >= 4 is 23.6 Å². The average Bonchev–Trinajstić information content (AvgIpc) is 2.98. The van der Waals surface area contributed by atoms with E-state index in [1.807, 2.05) is 77.3 Å². The third-order valence-corrected chi connectivity index (χ3v) is 5.40. The Morgan fingerprint density at radius 3 is 1.96 bits per heavy atom. The van der Waals surface area contributed by atoms with Crippen molar-refractivity contribution in [3.63, 3.8) is 0 Å². The number of nitrogens with zero attached hydrogens (tertiary/aromatic N) is 1. The van der Waals surface area contributed by atoms with Crippen molar-refractivity contribution in [3.8, 4) is 0 Å². The van der Waals surface area contributed by atoms with E-state index in [2.05, 4.69) is 0 Å². The van der Waals surface area contributed by atoms with Crippen molar-refractivity contribution < 1.29 is 14.7 Å². The fraction of sp³-hybridized carbons (Fsp3) is 0.263. The fourth-order valence-electron chi connectivity index (χ4n) is 2.90. The van der Waals surface area contributed by atoms with Gasteiger partial charge in [0.05, 0.1) is 11.8 Å². The van der Waals surface area contributed by atoms with Crippen LogP contribution in [0, 0.1) is 0 Å². The number of aliphatic carboxylic acids is 1. The van der Waals surface area contributed by atoms with Crippen LogP contribution in [0.25, 0.3) is 0 Å². The summed E-state index contributed by atoms with van der Waals surface area (Å²) in [6.45, 7) is 0.994. The van der Waals surface area contributed by atoms with Gasteiger partial charge in [0.1, 0.15) is 5.92 Å². The highest BCUT2D eigenvalue weighted by atomic mass is 32.2. The average molecular weight is 341 g/mol. The number of thioether (sulfide) groups is 1. The predicted octanol–water partition coefficient (Wildman–Crippen LogP) is 3.19. The normalized spacial score (nSPS) is 18.5. The number of carbonyl (C=O) groups excluding carboxylic acids is 1. The molecule has 4 rings (SSSR count). The molecule has 2 aliphatic heterocycles. The summed E-state index contributed by atoms with van der Waals surface area (Å²) in [7, 11) is 0. The molecule has 2 saturated heterocycles. The van der Waals surface area contributed by atoms with E-state index in [9.17, 15) is 14.7 Å². The maximum Gasteiger partial charge on any atom is 0.315 e. The zero-order chi connectivity index (χ0) is 16.9. The Morgan fingerprint density at radius 1 is 1.04 bits per heavy atom. The predicted molar refractivity (Wildman–Crippen MR) is 94.9 cm³/mol. The lowest BCUT2D eigenvalue weighted by Crippen LogP contribution is -2.46. The Hall–Kier alpha value is -2.27. The van der Waals surface area contributed by atoms with Gasteiger partial charge in [-0.15, -0.1) is 11.8 Å². The van der Waals surface area contributed by atoms with Crippen molar-refractivity contribution in [2.45, 2.75) is 17.7 Å². The van der Waals surface area contributed by atoms with Gasteiger partial charge in [-0.3, -0.25) is 9.59 Å². The maximum atomic E-state index is 11.3. The zero-order valence-electron chi connectivity index (χ0n) is 13.2. The van der Waals surface area contributed by atoms with Crippen molar-refractivity contribution in [2.75, 3.05) is 12.3 Å². The Labute approximate surface area is 145 Å². The van der Waals surface area contributed by atoms with Gasteiger partial charge in [0.25, 0.3) is 0 Å². The number of carboxylic acids is 1. The van der Waals surface area contributed by atoms with Crippen LogP contribution in [-0.4, -0.2) is 39.6 Å². The second-order valence-corrected chi connectivity index (χ2v) is 7.00. The van der Waals surface area contributed by atoms with Crippen LogP contribution in [0.4, 0.5) is 0 Å². The Morgan fingerprint density at radius 2 is 1.58 bits per heavy atom. The molecule has 24 heavy (non-hydrogen) atoms. The third kappa shape index (κ3) is 3.62. The van der Waals surface area contributed by atoms with Crippen molar-refractivity contribution in [2.24, 2.45) is 0 Å². The van der Waals surface area contributed by atoms with Crippen LogP contribution in [-0.2, 0) is 9.59 Å². The lowest BCUT2D eigenvalue weighted by atomic mass is 9.92. The molecule has 0 saturated carbocycles. The molecular weight excluding hydrogens is 322 g/mol. The summed E-state index contributed by atoms with van der Waals surface area (Å²) >= 11 is 1.90. The quantitative estimate of drug-likeness (QED) is 0.871. The highest BCUT2D eigenvalue weighted by molar-refractivity contribution is 8.00. The summed E-state index contributed by atoms with van der Waals surface area (Å²) < 4.78 is 0. The van der Waals surface area contributed by atoms with Crippen molar-refractivity contribution in [3.05, 3.63) is 71.8 Å². The number of carboxylic acid groups (broad SMARTS) is 1. The fourth-order valence-corrected chi connectivity index (χ4v) is 4.14. The van der Waals surface area contributed by atoms with Crippen LogP contribution < -0.4 is 0 Å². The zero-order valence-corrected chi connectivity index (χ0v) is 14.0.